The lowest BCUT2D eigenvalue weighted by atomic mass is 10.2. The lowest BCUT2D eigenvalue weighted by molar-refractivity contribution is 0.303. The van der Waals surface area contributed by atoms with E-state index >= 15 is 0 Å². The molecule has 0 amide bonds. The highest BCUT2D eigenvalue weighted by Crippen LogP contribution is 2.15. The monoisotopic (exact) mass is 245 g/mol. The Morgan fingerprint density at radius 2 is 2.12 bits per heavy atom. The Balaban J connectivity index is 3.01. The van der Waals surface area contributed by atoms with E-state index in [9.17, 15) is 12.8 Å². The maximum atomic E-state index is 13.4. The molecule has 0 aromatic heterocycles. The molecular formula is C10H12FNO3S. The van der Waals surface area contributed by atoms with Gasteiger partial charge in [0.05, 0.1) is 4.90 Å². The Morgan fingerprint density at radius 1 is 1.44 bits per heavy atom. The summed E-state index contributed by atoms with van der Waals surface area (Å²) in [6.07, 6.45) is 3.48. The van der Waals surface area contributed by atoms with Crippen LogP contribution in [0.1, 0.15) is 12.0 Å². The van der Waals surface area contributed by atoms with E-state index in [-0.39, 0.29) is 17.1 Å². The van der Waals surface area contributed by atoms with Gasteiger partial charge in [-0.2, -0.15) is 0 Å². The maximum Gasteiger partial charge on any atom is 0.238 e. The van der Waals surface area contributed by atoms with Gasteiger partial charge >= 0.3 is 0 Å². The molecule has 3 N–H and O–H groups in total. The van der Waals surface area contributed by atoms with Crippen molar-refractivity contribution in [3.05, 3.63) is 35.7 Å². The molecule has 1 aromatic rings. The third-order valence-electron chi connectivity index (χ3n) is 1.89. The predicted molar refractivity (Wildman–Crippen MR) is 58.5 cm³/mol. The van der Waals surface area contributed by atoms with Crippen molar-refractivity contribution in [1.82, 2.24) is 0 Å². The number of sulfonamides is 1. The van der Waals surface area contributed by atoms with Crippen molar-refractivity contribution in [2.75, 3.05) is 6.61 Å². The minimum atomic E-state index is -3.87. The fourth-order valence-electron chi connectivity index (χ4n) is 1.10. The van der Waals surface area contributed by atoms with Crippen molar-refractivity contribution in [1.29, 1.82) is 0 Å². The lowest BCUT2D eigenvalue weighted by Crippen LogP contribution is -2.12. The van der Waals surface area contributed by atoms with Gasteiger partial charge in [0.1, 0.15) is 5.82 Å². The second-order valence-corrected chi connectivity index (χ2v) is 4.70. The molecule has 0 atom stereocenters. The Bertz CT molecular complexity index is 497. The molecule has 0 fully saturated rings. The molecule has 6 heteroatoms. The first kappa shape index (κ1) is 12.8. The van der Waals surface area contributed by atoms with Crippen molar-refractivity contribution in [2.45, 2.75) is 11.3 Å². The first-order chi connectivity index (χ1) is 7.45. The fraction of sp³-hybridized carbons (Fsp3) is 0.200. The van der Waals surface area contributed by atoms with Crippen LogP contribution in [0.15, 0.2) is 29.2 Å². The maximum absolute atomic E-state index is 13.4. The number of benzene rings is 1. The van der Waals surface area contributed by atoms with Crippen molar-refractivity contribution in [3.63, 3.8) is 0 Å². The van der Waals surface area contributed by atoms with E-state index in [1.807, 2.05) is 0 Å². The SMILES string of the molecule is NS(=O)(=O)c1ccc(C=CCCO)c(F)c1. The Morgan fingerprint density at radius 3 is 2.62 bits per heavy atom. The molecule has 0 bridgehead atoms. The molecule has 0 spiro atoms. The summed E-state index contributed by atoms with van der Waals surface area (Å²) >= 11 is 0. The van der Waals surface area contributed by atoms with Crippen LogP contribution in [0.25, 0.3) is 6.08 Å². The standard InChI is InChI=1S/C10H12FNO3S/c11-10-7-9(16(12,14)15)5-4-8(10)3-1-2-6-13/h1,3-5,7,13H,2,6H2,(H2,12,14,15). The Hall–Kier alpha value is -1.24. The minimum absolute atomic E-state index is 0.0205. The van der Waals surface area contributed by atoms with E-state index in [1.165, 1.54) is 18.2 Å². The summed E-state index contributed by atoms with van der Waals surface area (Å²) in [5.41, 5.74) is 0.251. The van der Waals surface area contributed by atoms with Crippen molar-refractivity contribution < 1.29 is 17.9 Å². The topological polar surface area (TPSA) is 80.4 Å². The zero-order valence-electron chi connectivity index (χ0n) is 8.43. The van der Waals surface area contributed by atoms with Crippen molar-refractivity contribution in [3.8, 4) is 0 Å². The van der Waals surface area contributed by atoms with Crippen LogP contribution in [0.4, 0.5) is 4.39 Å². The largest absolute Gasteiger partial charge is 0.396 e. The molecule has 0 radical (unpaired) electrons. The van der Waals surface area contributed by atoms with Crippen molar-refractivity contribution in [2.24, 2.45) is 5.14 Å². The summed E-state index contributed by atoms with van der Waals surface area (Å²) in [5.74, 6) is -0.666. The molecule has 1 aromatic carbocycles. The van der Waals surface area contributed by atoms with Gasteiger partial charge in [-0.15, -0.1) is 0 Å². The van der Waals surface area contributed by atoms with E-state index in [4.69, 9.17) is 10.2 Å². The number of rotatable bonds is 4. The highest BCUT2D eigenvalue weighted by Gasteiger charge is 2.09. The third kappa shape index (κ3) is 3.41. The zero-order valence-corrected chi connectivity index (χ0v) is 9.24. The summed E-state index contributed by atoms with van der Waals surface area (Å²) in [5, 5.41) is 13.4. The normalized spacial score (nSPS) is 12.2. The van der Waals surface area contributed by atoms with Crippen LogP contribution in [0, 0.1) is 5.82 Å². The second kappa shape index (κ2) is 5.20. The summed E-state index contributed by atoms with van der Waals surface area (Å²) < 4.78 is 35.2. The molecule has 0 aliphatic heterocycles. The van der Waals surface area contributed by atoms with Gasteiger partial charge in [0.25, 0.3) is 0 Å². The second-order valence-electron chi connectivity index (χ2n) is 3.14. The number of primary sulfonamides is 1. The number of hydrogen-bond donors (Lipinski definition) is 2. The molecule has 0 heterocycles. The molecule has 4 nitrogen and oxygen atoms in total. The fourth-order valence-corrected chi connectivity index (χ4v) is 1.63. The van der Waals surface area contributed by atoms with E-state index in [1.54, 1.807) is 6.08 Å². The number of nitrogens with two attached hydrogens (primary N) is 1. The first-order valence-corrected chi connectivity index (χ1v) is 6.09. The minimum Gasteiger partial charge on any atom is -0.396 e. The van der Waals surface area contributed by atoms with Crippen LogP contribution in [-0.2, 0) is 10.0 Å². The van der Waals surface area contributed by atoms with Crippen LogP contribution in [0.2, 0.25) is 0 Å². The molecule has 0 aliphatic rings. The molecule has 88 valence electrons. The van der Waals surface area contributed by atoms with Crippen LogP contribution >= 0.6 is 0 Å². The van der Waals surface area contributed by atoms with E-state index in [2.05, 4.69) is 0 Å². The lowest BCUT2D eigenvalue weighted by Gasteiger charge is -2.00. The number of aliphatic hydroxyl groups is 1. The zero-order chi connectivity index (χ0) is 12.2. The summed E-state index contributed by atoms with van der Waals surface area (Å²) in [6, 6.07) is 3.42. The first-order valence-electron chi connectivity index (χ1n) is 4.55. The Kier molecular flexibility index (Phi) is 4.17. The number of aliphatic hydroxyl groups excluding tert-OH is 1. The Labute approximate surface area is 93.3 Å². The average molecular weight is 245 g/mol. The number of hydrogen-bond acceptors (Lipinski definition) is 3. The van der Waals surface area contributed by atoms with Gasteiger partial charge < -0.3 is 5.11 Å². The van der Waals surface area contributed by atoms with Gasteiger partial charge in [0.2, 0.25) is 10.0 Å². The van der Waals surface area contributed by atoms with E-state index in [0.717, 1.165) is 6.07 Å². The van der Waals surface area contributed by atoms with Gasteiger partial charge in [0.15, 0.2) is 0 Å². The molecular weight excluding hydrogens is 233 g/mol. The van der Waals surface area contributed by atoms with Crippen molar-refractivity contribution >= 4 is 16.1 Å². The molecule has 0 aliphatic carbocycles. The molecule has 0 saturated heterocycles. The third-order valence-corrected chi connectivity index (χ3v) is 2.80. The highest BCUT2D eigenvalue weighted by molar-refractivity contribution is 7.89. The van der Waals surface area contributed by atoms with E-state index < -0.39 is 15.8 Å². The molecule has 16 heavy (non-hydrogen) atoms. The molecule has 0 unspecified atom stereocenters. The summed E-state index contributed by atoms with van der Waals surface area (Å²) in [7, 11) is -3.87. The van der Waals surface area contributed by atoms with Gasteiger partial charge in [-0.1, -0.05) is 18.2 Å². The van der Waals surface area contributed by atoms with Crippen LogP contribution in [0.5, 0.6) is 0 Å². The quantitative estimate of drug-likeness (QED) is 0.825. The molecule has 0 saturated carbocycles. The van der Waals surface area contributed by atoms with Crippen LogP contribution in [0.3, 0.4) is 0 Å². The number of halogens is 1. The summed E-state index contributed by atoms with van der Waals surface area (Å²) in [4.78, 5) is -0.260. The smallest absolute Gasteiger partial charge is 0.238 e. The molecule has 1 rings (SSSR count). The van der Waals surface area contributed by atoms with Crippen LogP contribution in [-0.4, -0.2) is 20.1 Å². The van der Waals surface area contributed by atoms with Gasteiger partial charge in [-0.05, 0) is 18.6 Å². The highest BCUT2D eigenvalue weighted by atomic mass is 32.2. The summed E-state index contributed by atoms with van der Waals surface area (Å²) in [6.45, 7) is -0.0205. The van der Waals surface area contributed by atoms with Gasteiger partial charge in [-0.3, -0.25) is 0 Å². The van der Waals surface area contributed by atoms with Gasteiger partial charge in [-0.25, -0.2) is 17.9 Å². The average Bonchev–Trinajstić information content (AvgIpc) is 2.19. The predicted octanol–water partition coefficient (Wildman–Crippen LogP) is 0.869. The van der Waals surface area contributed by atoms with Gasteiger partial charge in [0, 0.05) is 12.2 Å². The van der Waals surface area contributed by atoms with Crippen LogP contribution < -0.4 is 5.14 Å². The van der Waals surface area contributed by atoms with E-state index in [0.29, 0.717) is 6.42 Å².